The molecule has 1 nitrogen and oxygen atoms in total. The number of benzene rings is 2. The van der Waals surface area contributed by atoms with Crippen LogP contribution >= 0.6 is 0 Å². The molecule has 0 aliphatic heterocycles. The molecular formula is C18H18O. The Balaban J connectivity index is 1.84. The zero-order chi connectivity index (χ0) is 13.5. The van der Waals surface area contributed by atoms with E-state index in [4.69, 9.17) is 4.74 Å². The van der Waals surface area contributed by atoms with Crippen LogP contribution in [0, 0.1) is 0 Å². The van der Waals surface area contributed by atoms with E-state index in [2.05, 4.69) is 37.4 Å². The highest BCUT2D eigenvalue weighted by Crippen LogP contribution is 2.14. The average molecular weight is 254 g/mol. The van der Waals surface area contributed by atoms with Crippen molar-refractivity contribution in [2.24, 2.45) is 0 Å². The minimum Gasteiger partial charge on any atom is -0.467 e. The van der Waals surface area contributed by atoms with Crippen LogP contribution in [0.3, 0.4) is 0 Å². The van der Waals surface area contributed by atoms with E-state index in [0.29, 0.717) is 12.8 Å². The van der Waals surface area contributed by atoms with Crippen molar-refractivity contribution >= 4 is 0 Å². The molecule has 0 saturated heterocycles. The molecule has 0 fully saturated rings. The van der Waals surface area contributed by atoms with Gasteiger partial charge in [0.15, 0.2) is 0 Å². The SMILES string of the molecule is C=C(C[13c]1cccc[13cH]1)OC(=C)C[13c]1cccc[13cH]1. The summed E-state index contributed by atoms with van der Waals surface area (Å²) < 4.78 is 5.67. The number of hydrogen-bond acceptors (Lipinski definition) is 1. The second-order valence-corrected chi connectivity index (χ2v) is 4.50. The summed E-state index contributed by atoms with van der Waals surface area (Å²) in [6.07, 6.45) is 1.43. The first-order valence-corrected chi connectivity index (χ1v) is 6.35. The first-order chi connectivity index (χ1) is 9.24. The summed E-state index contributed by atoms with van der Waals surface area (Å²) >= 11 is 0. The lowest BCUT2D eigenvalue weighted by Crippen LogP contribution is -1.98. The number of allylic oxidation sites excluding steroid dienone is 2. The van der Waals surface area contributed by atoms with E-state index < -0.39 is 0 Å². The van der Waals surface area contributed by atoms with Crippen molar-refractivity contribution < 1.29 is 4.74 Å². The van der Waals surface area contributed by atoms with Crippen molar-refractivity contribution in [2.45, 2.75) is 12.8 Å². The van der Waals surface area contributed by atoms with E-state index in [9.17, 15) is 0 Å². The number of hydrogen-bond donors (Lipinski definition) is 0. The quantitative estimate of drug-likeness (QED) is 0.689. The van der Waals surface area contributed by atoms with Gasteiger partial charge in [-0.2, -0.15) is 0 Å². The molecule has 2 rings (SSSR count). The van der Waals surface area contributed by atoms with Gasteiger partial charge in [-0.3, -0.25) is 0 Å². The molecule has 0 aliphatic carbocycles. The first-order valence-electron chi connectivity index (χ1n) is 6.35. The van der Waals surface area contributed by atoms with Gasteiger partial charge in [0.25, 0.3) is 0 Å². The monoisotopic (exact) mass is 254 g/mol. The third-order valence-corrected chi connectivity index (χ3v) is 2.78. The Morgan fingerprint density at radius 1 is 0.684 bits per heavy atom. The molecule has 1 heteroatoms. The van der Waals surface area contributed by atoms with Gasteiger partial charge in [0.2, 0.25) is 0 Å². The molecule has 0 saturated carbocycles. The van der Waals surface area contributed by atoms with Crippen molar-refractivity contribution in [1.82, 2.24) is 0 Å². The lowest BCUT2D eigenvalue weighted by molar-refractivity contribution is 0.292. The maximum absolute atomic E-state index is 5.67. The van der Waals surface area contributed by atoms with Crippen LogP contribution in [0.2, 0.25) is 0 Å². The minimum atomic E-state index is 0.717. The van der Waals surface area contributed by atoms with Crippen LogP contribution in [0.4, 0.5) is 0 Å². The van der Waals surface area contributed by atoms with Crippen LogP contribution in [-0.4, -0.2) is 0 Å². The second-order valence-electron chi connectivity index (χ2n) is 4.50. The Hall–Kier alpha value is -2.28. The predicted octanol–water partition coefficient (Wildman–Crippen LogP) is 4.52. The molecule has 0 radical (unpaired) electrons. The van der Waals surface area contributed by atoms with Gasteiger partial charge in [-0.25, -0.2) is 0 Å². The van der Waals surface area contributed by atoms with Crippen LogP contribution in [0.1, 0.15) is 11.1 Å². The van der Waals surface area contributed by atoms with E-state index >= 15 is 0 Å². The van der Waals surface area contributed by atoms with Crippen molar-refractivity contribution in [3.63, 3.8) is 0 Å². The van der Waals surface area contributed by atoms with Gasteiger partial charge in [-0.05, 0) is 11.1 Å². The fourth-order valence-electron chi connectivity index (χ4n) is 1.92. The van der Waals surface area contributed by atoms with E-state index in [0.717, 1.165) is 11.5 Å². The van der Waals surface area contributed by atoms with Crippen LogP contribution < -0.4 is 0 Å². The highest BCUT2D eigenvalue weighted by atomic mass is 16.5. The largest absolute Gasteiger partial charge is 0.467 e. The Morgan fingerprint density at radius 3 is 1.42 bits per heavy atom. The molecule has 0 amide bonds. The molecule has 0 spiro atoms. The van der Waals surface area contributed by atoms with E-state index in [1.807, 2.05) is 36.4 Å². The fraction of sp³-hybridized carbons (Fsp3) is 0.111. The Kier molecular flexibility index (Phi) is 4.57. The molecule has 0 N–H and O–H groups in total. The Labute approximate surface area is 114 Å². The van der Waals surface area contributed by atoms with Crippen molar-refractivity contribution in [1.29, 1.82) is 0 Å². The molecule has 0 bridgehead atoms. The standard InChI is InChI=1S/C18H18O/c1-15(13-17-9-5-3-6-10-17)19-16(2)14-18-11-7-4-8-12-18/h3-12H,1-2,13-14H2/i9+1,11+1,17+1,18+1. The predicted molar refractivity (Wildman–Crippen MR) is 79.7 cm³/mol. The van der Waals surface area contributed by atoms with Crippen LogP contribution in [-0.2, 0) is 17.6 Å². The summed E-state index contributed by atoms with van der Waals surface area (Å²) in [4.78, 5) is 0. The summed E-state index contributed by atoms with van der Waals surface area (Å²) in [6, 6.07) is 20.3. The maximum Gasteiger partial charge on any atom is 0.101 e. The molecule has 2 aromatic rings. The minimum absolute atomic E-state index is 0.717. The molecule has 96 valence electrons. The normalized spacial score (nSPS) is 9.89. The van der Waals surface area contributed by atoms with Gasteiger partial charge in [-0.1, -0.05) is 73.8 Å². The highest BCUT2D eigenvalue weighted by molar-refractivity contribution is 5.21. The van der Waals surface area contributed by atoms with E-state index in [-0.39, 0.29) is 0 Å². The average Bonchev–Trinajstić information content (AvgIpc) is 2.40. The lowest BCUT2D eigenvalue weighted by Gasteiger charge is -2.11. The zero-order valence-corrected chi connectivity index (χ0v) is 11.0. The number of rotatable bonds is 6. The van der Waals surface area contributed by atoms with E-state index in [1.54, 1.807) is 0 Å². The Bertz CT molecular complexity index is 489. The topological polar surface area (TPSA) is 9.23 Å². The van der Waals surface area contributed by atoms with Crippen molar-refractivity contribution in [2.75, 3.05) is 0 Å². The van der Waals surface area contributed by atoms with Crippen molar-refractivity contribution in [3.05, 3.63) is 96.5 Å². The van der Waals surface area contributed by atoms with Crippen LogP contribution in [0.15, 0.2) is 85.3 Å². The zero-order valence-electron chi connectivity index (χ0n) is 11.0. The third-order valence-electron chi connectivity index (χ3n) is 2.78. The van der Waals surface area contributed by atoms with Gasteiger partial charge < -0.3 is 4.74 Å². The summed E-state index contributed by atoms with van der Waals surface area (Å²) in [7, 11) is 0. The fourth-order valence-corrected chi connectivity index (χ4v) is 1.92. The summed E-state index contributed by atoms with van der Waals surface area (Å²) in [5.41, 5.74) is 2.39. The van der Waals surface area contributed by atoms with E-state index in [1.165, 1.54) is 11.1 Å². The van der Waals surface area contributed by atoms with Gasteiger partial charge in [0, 0.05) is 12.8 Å². The third kappa shape index (κ3) is 4.47. The molecule has 19 heavy (non-hydrogen) atoms. The summed E-state index contributed by atoms with van der Waals surface area (Å²) in [5, 5.41) is 0. The second kappa shape index (κ2) is 6.60. The lowest BCUT2D eigenvalue weighted by atomic mass is 10.4. The van der Waals surface area contributed by atoms with Gasteiger partial charge in [0.1, 0.15) is 11.5 Å². The van der Waals surface area contributed by atoms with Gasteiger partial charge in [-0.15, -0.1) is 0 Å². The maximum atomic E-state index is 5.67. The summed E-state index contributed by atoms with van der Waals surface area (Å²) in [5.74, 6) is 1.46. The molecule has 0 unspecified atom stereocenters. The van der Waals surface area contributed by atoms with Crippen molar-refractivity contribution in [3.8, 4) is 0 Å². The first kappa shape index (κ1) is 13.2. The molecule has 0 aromatic heterocycles. The Morgan fingerprint density at radius 2 is 1.05 bits per heavy atom. The van der Waals surface area contributed by atoms with Crippen LogP contribution in [0.25, 0.3) is 0 Å². The molecule has 0 heterocycles. The summed E-state index contributed by atoms with van der Waals surface area (Å²) in [6.45, 7) is 7.90. The smallest absolute Gasteiger partial charge is 0.101 e. The highest BCUT2D eigenvalue weighted by Gasteiger charge is 2.02. The van der Waals surface area contributed by atoms with Gasteiger partial charge in [0.05, 0.1) is 0 Å². The molecular weight excluding hydrogens is 236 g/mol. The molecule has 0 atom stereocenters. The van der Waals surface area contributed by atoms with Crippen LogP contribution in [0.5, 0.6) is 0 Å². The molecule has 2 aromatic carbocycles. The van der Waals surface area contributed by atoms with Gasteiger partial charge >= 0.3 is 0 Å². The number of ether oxygens (including phenoxy) is 1. The molecule has 0 aliphatic rings.